The molecule has 2 fully saturated rings. The number of hydrogen-bond donors (Lipinski definition) is 1. The highest BCUT2D eigenvalue weighted by molar-refractivity contribution is 6.30. The number of amides is 1. The molecule has 0 bridgehead atoms. The van der Waals surface area contributed by atoms with Crippen molar-refractivity contribution in [1.29, 1.82) is 0 Å². The van der Waals surface area contributed by atoms with Crippen LogP contribution in [0, 0.1) is 5.82 Å². The van der Waals surface area contributed by atoms with E-state index in [1.54, 1.807) is 12.4 Å². The summed E-state index contributed by atoms with van der Waals surface area (Å²) in [5.41, 5.74) is 1.94. The van der Waals surface area contributed by atoms with Gasteiger partial charge >= 0.3 is 0 Å². The Labute approximate surface area is 173 Å². The number of ether oxygens (including phenoxy) is 1. The lowest BCUT2D eigenvalue weighted by atomic mass is 9.79. The van der Waals surface area contributed by atoms with Gasteiger partial charge in [-0.3, -0.25) is 4.79 Å². The molecule has 6 nitrogen and oxygen atoms in total. The number of halogens is 2. The number of fused-ring (bicyclic) bond motifs is 1. The highest BCUT2D eigenvalue weighted by atomic mass is 35.5. The minimum atomic E-state index is -0.270. The molecule has 29 heavy (non-hydrogen) atoms. The van der Waals surface area contributed by atoms with Gasteiger partial charge in [-0.1, -0.05) is 11.6 Å². The van der Waals surface area contributed by atoms with Gasteiger partial charge in [0.15, 0.2) is 0 Å². The Kier molecular flexibility index (Phi) is 4.67. The molecular weight excluding hydrogens is 395 g/mol. The van der Waals surface area contributed by atoms with Gasteiger partial charge in [-0.15, -0.1) is 0 Å². The van der Waals surface area contributed by atoms with Gasteiger partial charge in [-0.05, 0) is 55.4 Å². The summed E-state index contributed by atoms with van der Waals surface area (Å²) in [6, 6.07) is 3.15. The second-order valence-corrected chi connectivity index (χ2v) is 8.59. The first kappa shape index (κ1) is 18.8. The van der Waals surface area contributed by atoms with Gasteiger partial charge in [0, 0.05) is 36.6 Å². The maximum Gasteiger partial charge on any atom is 0.257 e. The Morgan fingerprint density at radius 3 is 2.79 bits per heavy atom. The third-order valence-corrected chi connectivity index (χ3v) is 6.54. The summed E-state index contributed by atoms with van der Waals surface area (Å²) in [6.45, 7) is 2.13. The second-order valence-electron chi connectivity index (χ2n) is 8.16. The Balaban J connectivity index is 1.24. The third-order valence-electron chi connectivity index (χ3n) is 6.32. The Bertz CT molecular complexity index is 946. The number of carbonyl (C=O) groups is 1. The van der Waals surface area contributed by atoms with E-state index in [4.69, 9.17) is 16.3 Å². The average Bonchev–Trinajstić information content (AvgIpc) is 3.11. The number of carbonyl (C=O) groups excluding carboxylic acids is 1. The molecule has 8 heteroatoms. The van der Waals surface area contributed by atoms with E-state index in [0.717, 1.165) is 38.0 Å². The summed E-state index contributed by atoms with van der Waals surface area (Å²) in [6.07, 6.45) is 7.30. The largest absolute Gasteiger partial charge is 0.379 e. The molecule has 0 radical (unpaired) electrons. The summed E-state index contributed by atoms with van der Waals surface area (Å²) in [7, 11) is 0. The van der Waals surface area contributed by atoms with Crippen molar-refractivity contribution in [2.45, 2.75) is 43.7 Å². The number of aromatic nitrogens is 2. The SMILES string of the molecule is O=C(c1cnc(NC2Cc3cc(Cl)cc(F)c3C2)nc1)N1CCC12CCCOC2. The zero-order chi connectivity index (χ0) is 20.0. The molecule has 1 spiro atoms. The number of nitrogens with one attached hydrogen (secondary N) is 1. The van der Waals surface area contributed by atoms with Gasteiger partial charge in [-0.25, -0.2) is 14.4 Å². The van der Waals surface area contributed by atoms with Crippen LogP contribution in [0.15, 0.2) is 24.5 Å². The highest BCUT2D eigenvalue weighted by Gasteiger charge is 2.48. The molecule has 2 atom stereocenters. The van der Waals surface area contributed by atoms with Gasteiger partial charge in [0.25, 0.3) is 5.91 Å². The van der Waals surface area contributed by atoms with Crippen molar-refractivity contribution in [2.24, 2.45) is 0 Å². The van der Waals surface area contributed by atoms with Gasteiger partial charge in [0.05, 0.1) is 17.7 Å². The molecule has 2 aliphatic heterocycles. The minimum Gasteiger partial charge on any atom is -0.379 e. The molecule has 1 amide bonds. The van der Waals surface area contributed by atoms with Crippen LogP contribution in [-0.2, 0) is 17.6 Å². The molecule has 1 N–H and O–H groups in total. The van der Waals surface area contributed by atoms with E-state index >= 15 is 0 Å². The van der Waals surface area contributed by atoms with Gasteiger partial charge in [0.2, 0.25) is 5.95 Å². The Morgan fingerprint density at radius 1 is 1.28 bits per heavy atom. The van der Waals surface area contributed by atoms with Gasteiger partial charge in [0.1, 0.15) is 5.82 Å². The Morgan fingerprint density at radius 2 is 2.10 bits per heavy atom. The maximum absolute atomic E-state index is 14.1. The fourth-order valence-electron chi connectivity index (χ4n) is 4.71. The predicted molar refractivity (Wildman–Crippen MR) is 107 cm³/mol. The van der Waals surface area contributed by atoms with Crippen molar-refractivity contribution in [3.8, 4) is 0 Å². The number of rotatable bonds is 3. The molecule has 152 valence electrons. The monoisotopic (exact) mass is 416 g/mol. The Hall–Kier alpha value is -2.25. The van der Waals surface area contributed by atoms with Crippen LogP contribution < -0.4 is 5.32 Å². The van der Waals surface area contributed by atoms with Crippen LogP contribution in [0.25, 0.3) is 0 Å². The van der Waals surface area contributed by atoms with Gasteiger partial charge < -0.3 is 15.0 Å². The molecular formula is C21H22ClFN4O2. The van der Waals surface area contributed by atoms with Crippen LogP contribution >= 0.6 is 11.6 Å². The first-order valence-corrected chi connectivity index (χ1v) is 10.4. The molecule has 2 saturated heterocycles. The van der Waals surface area contributed by atoms with E-state index in [1.165, 1.54) is 6.07 Å². The zero-order valence-electron chi connectivity index (χ0n) is 16.0. The summed E-state index contributed by atoms with van der Waals surface area (Å²) < 4.78 is 19.7. The van der Waals surface area contributed by atoms with E-state index < -0.39 is 0 Å². The average molecular weight is 417 g/mol. The van der Waals surface area contributed by atoms with Crippen molar-refractivity contribution in [3.05, 3.63) is 52.1 Å². The van der Waals surface area contributed by atoms with E-state index in [9.17, 15) is 9.18 Å². The smallest absolute Gasteiger partial charge is 0.257 e. The lowest BCUT2D eigenvalue weighted by Crippen LogP contribution is -2.65. The van der Waals surface area contributed by atoms with E-state index in [1.807, 2.05) is 11.0 Å². The first-order valence-electron chi connectivity index (χ1n) is 9.99. The molecule has 3 aliphatic rings. The number of anilines is 1. The molecule has 1 aromatic carbocycles. The van der Waals surface area contributed by atoms with E-state index in [0.29, 0.717) is 41.5 Å². The quantitative estimate of drug-likeness (QED) is 0.832. The van der Waals surface area contributed by atoms with Crippen LogP contribution in [0.4, 0.5) is 10.3 Å². The zero-order valence-corrected chi connectivity index (χ0v) is 16.7. The van der Waals surface area contributed by atoms with Crippen molar-refractivity contribution >= 4 is 23.5 Å². The summed E-state index contributed by atoms with van der Waals surface area (Å²) in [4.78, 5) is 23.4. The predicted octanol–water partition coefficient (Wildman–Crippen LogP) is 3.24. The number of hydrogen-bond acceptors (Lipinski definition) is 5. The normalized spacial score (nSPS) is 25.6. The van der Waals surface area contributed by atoms with Crippen LogP contribution in [0.2, 0.25) is 5.02 Å². The summed E-state index contributed by atoms with van der Waals surface area (Å²) in [5, 5.41) is 3.65. The number of likely N-dealkylation sites (tertiary alicyclic amines) is 1. The minimum absolute atomic E-state index is 0.00226. The lowest BCUT2D eigenvalue weighted by Gasteiger charge is -2.54. The van der Waals surface area contributed by atoms with Crippen LogP contribution in [0.5, 0.6) is 0 Å². The first-order chi connectivity index (χ1) is 14.0. The van der Waals surface area contributed by atoms with Gasteiger partial charge in [-0.2, -0.15) is 0 Å². The van der Waals surface area contributed by atoms with Crippen LogP contribution in [-0.4, -0.2) is 52.1 Å². The molecule has 2 aromatic rings. The van der Waals surface area contributed by atoms with Crippen molar-refractivity contribution in [1.82, 2.24) is 14.9 Å². The van der Waals surface area contributed by atoms with Crippen molar-refractivity contribution in [3.63, 3.8) is 0 Å². The summed E-state index contributed by atoms with van der Waals surface area (Å²) in [5.74, 6) is 0.123. The standard InChI is InChI=1S/C21H22ClFN4O2/c22-15-6-13-7-16(9-17(13)18(23)8-15)26-20-24-10-14(11-25-20)19(28)27-4-3-21(27)2-1-5-29-12-21/h6,8,10-11,16H,1-5,7,9,12H2,(H,24,25,26). The maximum atomic E-state index is 14.1. The lowest BCUT2D eigenvalue weighted by molar-refractivity contribution is -0.0882. The summed E-state index contributed by atoms with van der Waals surface area (Å²) >= 11 is 5.95. The fraction of sp³-hybridized carbons (Fsp3) is 0.476. The van der Waals surface area contributed by atoms with Crippen molar-refractivity contribution < 1.29 is 13.9 Å². The molecule has 3 heterocycles. The molecule has 1 aromatic heterocycles. The third kappa shape index (κ3) is 3.36. The topological polar surface area (TPSA) is 67.4 Å². The van der Waals surface area contributed by atoms with E-state index in [-0.39, 0.29) is 23.3 Å². The molecule has 5 rings (SSSR count). The van der Waals surface area contributed by atoms with E-state index in [2.05, 4.69) is 15.3 Å². The highest BCUT2D eigenvalue weighted by Crippen LogP contribution is 2.38. The number of nitrogens with zero attached hydrogens (tertiary/aromatic N) is 3. The fourth-order valence-corrected chi connectivity index (χ4v) is 4.94. The molecule has 0 saturated carbocycles. The number of benzene rings is 1. The van der Waals surface area contributed by atoms with Crippen LogP contribution in [0.1, 0.15) is 40.7 Å². The van der Waals surface area contributed by atoms with Crippen LogP contribution in [0.3, 0.4) is 0 Å². The molecule has 1 aliphatic carbocycles. The second kappa shape index (κ2) is 7.22. The molecule has 2 unspecified atom stereocenters. The van der Waals surface area contributed by atoms with Crippen molar-refractivity contribution in [2.75, 3.05) is 25.1 Å².